The van der Waals surface area contributed by atoms with Crippen LogP contribution in [0.2, 0.25) is 0 Å². The molecule has 0 aliphatic carbocycles. The molecule has 0 aromatic heterocycles. The van der Waals surface area contributed by atoms with Gasteiger partial charge in [-0.25, -0.2) is 0 Å². The summed E-state index contributed by atoms with van der Waals surface area (Å²) in [6.45, 7) is 6.50. The average Bonchev–Trinajstić information content (AvgIpc) is 3.44. The quantitative estimate of drug-likeness (QED) is 0.0261. The maximum absolute atomic E-state index is 12.9. The highest BCUT2D eigenvalue weighted by Gasteiger charge is 2.19. The van der Waals surface area contributed by atoms with Crippen molar-refractivity contribution in [2.45, 2.75) is 303 Å². The van der Waals surface area contributed by atoms with Gasteiger partial charge in [-0.05, 0) is 116 Å². The zero-order valence-corrected chi connectivity index (χ0v) is 50.9. The predicted molar refractivity (Wildman–Crippen MR) is 339 cm³/mol. The van der Waals surface area contributed by atoms with Crippen LogP contribution in [0.4, 0.5) is 0 Å². The van der Waals surface area contributed by atoms with Crippen molar-refractivity contribution in [2.24, 2.45) is 0 Å². The van der Waals surface area contributed by atoms with Crippen LogP contribution in [0.5, 0.6) is 0 Å². The maximum atomic E-state index is 12.9. The first-order chi connectivity index (χ1) is 38.5. The lowest BCUT2D eigenvalue weighted by atomic mass is 10.1. The predicted octanol–water partition coefficient (Wildman–Crippen LogP) is 22.4. The third-order valence-electron chi connectivity index (χ3n) is 13.7. The SMILES string of the molecule is CC/C=C\C/C=C\C/C=C\C/C=C\C/C=C\C/C=C\C/C=C\C/C=C\C/C=C\CCCCCCCCCC(=O)OCC(COC(=O)CCCCCCCCCCCC)OC(=O)CCCCCCC/C=C\CCCCCCCC. The Morgan fingerprint density at radius 1 is 0.269 bits per heavy atom. The molecule has 1 atom stereocenters. The first kappa shape index (κ1) is 73.8. The van der Waals surface area contributed by atoms with Gasteiger partial charge in [0.2, 0.25) is 0 Å². The molecule has 78 heavy (non-hydrogen) atoms. The number of carbonyl (C=O) groups excluding carboxylic acids is 3. The summed E-state index contributed by atoms with van der Waals surface area (Å²) in [5.74, 6) is -0.900. The normalized spacial score (nSPS) is 12.9. The molecule has 0 aromatic rings. The van der Waals surface area contributed by atoms with Crippen molar-refractivity contribution in [1.82, 2.24) is 0 Å². The van der Waals surface area contributed by atoms with E-state index >= 15 is 0 Å². The van der Waals surface area contributed by atoms with Crippen LogP contribution in [-0.4, -0.2) is 37.2 Å². The van der Waals surface area contributed by atoms with E-state index in [9.17, 15) is 14.4 Å². The maximum Gasteiger partial charge on any atom is 0.306 e. The molecule has 1 unspecified atom stereocenters. The summed E-state index contributed by atoms with van der Waals surface area (Å²) in [4.78, 5) is 38.2. The Morgan fingerprint density at radius 2 is 0.500 bits per heavy atom. The minimum Gasteiger partial charge on any atom is -0.462 e. The fourth-order valence-electron chi connectivity index (χ4n) is 8.84. The topological polar surface area (TPSA) is 78.9 Å². The van der Waals surface area contributed by atoms with Gasteiger partial charge in [0.05, 0.1) is 0 Å². The highest BCUT2D eigenvalue weighted by Crippen LogP contribution is 2.15. The Morgan fingerprint density at radius 3 is 0.795 bits per heavy atom. The monoisotopic (exact) mass is 1080 g/mol. The second kappa shape index (κ2) is 65.3. The van der Waals surface area contributed by atoms with E-state index in [2.05, 4.69) is 142 Å². The Kier molecular flexibility index (Phi) is 61.8. The molecule has 0 fully saturated rings. The Bertz CT molecular complexity index is 1620. The van der Waals surface area contributed by atoms with Crippen LogP contribution in [0.25, 0.3) is 0 Å². The van der Waals surface area contributed by atoms with Crippen molar-refractivity contribution in [3.8, 4) is 0 Å². The molecule has 0 rings (SSSR count). The molecule has 0 N–H and O–H groups in total. The smallest absolute Gasteiger partial charge is 0.306 e. The van der Waals surface area contributed by atoms with Crippen LogP contribution < -0.4 is 0 Å². The lowest BCUT2D eigenvalue weighted by Gasteiger charge is -2.18. The van der Waals surface area contributed by atoms with Gasteiger partial charge in [0.25, 0.3) is 0 Å². The Balaban J connectivity index is 4.21. The molecule has 0 aliphatic heterocycles. The molecule has 0 bridgehead atoms. The summed E-state index contributed by atoms with van der Waals surface area (Å²) in [6, 6.07) is 0. The van der Waals surface area contributed by atoms with Gasteiger partial charge >= 0.3 is 17.9 Å². The second-order valence-electron chi connectivity index (χ2n) is 21.3. The summed E-state index contributed by atoms with van der Waals surface area (Å²) >= 11 is 0. The highest BCUT2D eigenvalue weighted by molar-refractivity contribution is 5.71. The molecule has 0 spiro atoms. The second-order valence-corrected chi connectivity index (χ2v) is 21.3. The molecule has 0 aliphatic rings. The van der Waals surface area contributed by atoms with E-state index in [-0.39, 0.29) is 31.1 Å². The summed E-state index contributed by atoms with van der Waals surface area (Å²) in [5.41, 5.74) is 0. The van der Waals surface area contributed by atoms with Crippen molar-refractivity contribution in [2.75, 3.05) is 13.2 Å². The van der Waals surface area contributed by atoms with Crippen molar-refractivity contribution >= 4 is 17.9 Å². The molecule has 444 valence electrons. The van der Waals surface area contributed by atoms with E-state index < -0.39 is 6.10 Å². The van der Waals surface area contributed by atoms with E-state index in [0.717, 1.165) is 135 Å². The van der Waals surface area contributed by atoms with Crippen LogP contribution in [0.1, 0.15) is 297 Å². The molecule has 6 heteroatoms. The van der Waals surface area contributed by atoms with E-state index in [1.54, 1.807) is 0 Å². The number of esters is 3. The lowest BCUT2D eigenvalue weighted by molar-refractivity contribution is -0.167. The molecule has 0 aromatic carbocycles. The fourth-order valence-corrected chi connectivity index (χ4v) is 8.84. The Labute approximate surface area is 482 Å². The van der Waals surface area contributed by atoms with E-state index in [1.807, 2.05) is 0 Å². The molecule has 0 amide bonds. The van der Waals surface area contributed by atoms with Crippen molar-refractivity contribution in [3.05, 3.63) is 122 Å². The molecule has 0 saturated carbocycles. The minimum atomic E-state index is -0.787. The largest absolute Gasteiger partial charge is 0.462 e. The number of unbranched alkanes of at least 4 members (excludes halogenated alkanes) is 27. The molecule has 0 saturated heterocycles. The molecule has 0 radical (unpaired) electrons. The standard InChI is InChI=1S/C72H120O6/c1-4-7-10-13-16-19-22-24-26-27-28-29-30-31-32-33-34-35-36-37-38-39-40-41-42-43-44-45-47-48-50-53-56-59-62-65-71(74)77-68-69(67-76-70(73)64-61-58-55-52-21-18-15-12-9-6-3)78-72(75)66-63-60-57-54-51-49-46-25-23-20-17-14-11-8-5-2/h7,10,16,19,24-26,28-29,31-32,34-35,37-38,40-41,43-44,46,69H,4-6,8-9,11-15,17-18,20-23,27,30,33,36,39,42,45,47-68H2,1-3H3/b10-7-,19-16-,26-24-,29-28-,32-31-,35-34-,38-37-,41-40-,44-43-,46-25-. The zero-order valence-electron chi connectivity index (χ0n) is 50.9. The van der Waals surface area contributed by atoms with Crippen molar-refractivity contribution < 1.29 is 28.6 Å². The van der Waals surface area contributed by atoms with Crippen molar-refractivity contribution in [3.63, 3.8) is 0 Å². The molecule has 6 nitrogen and oxygen atoms in total. The highest BCUT2D eigenvalue weighted by atomic mass is 16.6. The van der Waals surface area contributed by atoms with E-state index in [1.165, 1.54) is 122 Å². The van der Waals surface area contributed by atoms with E-state index in [4.69, 9.17) is 14.2 Å². The van der Waals surface area contributed by atoms with Gasteiger partial charge in [0.1, 0.15) is 13.2 Å². The minimum absolute atomic E-state index is 0.0834. The van der Waals surface area contributed by atoms with Crippen LogP contribution in [0, 0.1) is 0 Å². The van der Waals surface area contributed by atoms with Crippen LogP contribution in [0.3, 0.4) is 0 Å². The van der Waals surface area contributed by atoms with E-state index in [0.29, 0.717) is 19.3 Å². The van der Waals surface area contributed by atoms with Crippen LogP contribution in [0.15, 0.2) is 122 Å². The fraction of sp³-hybridized carbons (Fsp3) is 0.681. The first-order valence-corrected chi connectivity index (χ1v) is 32.5. The van der Waals surface area contributed by atoms with Crippen LogP contribution in [-0.2, 0) is 28.6 Å². The van der Waals surface area contributed by atoms with Gasteiger partial charge in [-0.15, -0.1) is 0 Å². The summed E-state index contributed by atoms with van der Waals surface area (Å²) in [5, 5.41) is 0. The Hall–Kier alpha value is -4.19. The number of rotatable bonds is 58. The number of allylic oxidation sites excluding steroid dienone is 20. The number of hydrogen-bond donors (Lipinski definition) is 0. The average molecular weight is 1080 g/mol. The third kappa shape index (κ3) is 62.7. The van der Waals surface area contributed by atoms with Crippen molar-refractivity contribution in [1.29, 1.82) is 0 Å². The van der Waals surface area contributed by atoms with Crippen LogP contribution >= 0.6 is 0 Å². The molecule has 0 heterocycles. The molecular formula is C72H120O6. The van der Waals surface area contributed by atoms with Gasteiger partial charge in [-0.3, -0.25) is 14.4 Å². The van der Waals surface area contributed by atoms with Gasteiger partial charge in [0, 0.05) is 19.3 Å². The molecular weight excluding hydrogens is 961 g/mol. The first-order valence-electron chi connectivity index (χ1n) is 32.5. The van der Waals surface area contributed by atoms with Gasteiger partial charge < -0.3 is 14.2 Å². The third-order valence-corrected chi connectivity index (χ3v) is 13.7. The van der Waals surface area contributed by atoms with Gasteiger partial charge in [-0.1, -0.05) is 284 Å². The lowest BCUT2D eigenvalue weighted by Crippen LogP contribution is -2.30. The summed E-state index contributed by atoms with van der Waals surface area (Å²) in [6.07, 6.45) is 90.7. The number of carbonyl (C=O) groups is 3. The zero-order chi connectivity index (χ0) is 56.4. The number of hydrogen-bond acceptors (Lipinski definition) is 6. The van der Waals surface area contributed by atoms with Gasteiger partial charge in [0.15, 0.2) is 6.10 Å². The summed E-state index contributed by atoms with van der Waals surface area (Å²) < 4.78 is 16.9. The van der Waals surface area contributed by atoms with Gasteiger partial charge in [-0.2, -0.15) is 0 Å². The number of ether oxygens (including phenoxy) is 3. The summed E-state index contributed by atoms with van der Waals surface area (Å²) in [7, 11) is 0.